The topological polar surface area (TPSA) is 75.4 Å². The largest absolute Gasteiger partial charge is 0.370 e. The van der Waals surface area contributed by atoms with Crippen LogP contribution in [0.15, 0.2) is 18.2 Å². The number of carbonyl (C=O) groups excluding carboxylic acids is 2. The molecule has 1 heterocycles. The highest BCUT2D eigenvalue weighted by molar-refractivity contribution is 5.94. The fourth-order valence-electron chi connectivity index (χ4n) is 3.79. The number of rotatable bonds is 7. The van der Waals surface area contributed by atoms with Crippen LogP contribution in [0.25, 0.3) is 0 Å². The zero-order valence-electron chi connectivity index (χ0n) is 16.5. The van der Waals surface area contributed by atoms with Crippen molar-refractivity contribution in [3.8, 4) is 0 Å². The van der Waals surface area contributed by atoms with Gasteiger partial charge in [-0.1, -0.05) is 52.3 Å². The predicted octanol–water partition coefficient (Wildman–Crippen LogP) is 3.60. The van der Waals surface area contributed by atoms with E-state index >= 15 is 0 Å². The zero-order chi connectivity index (χ0) is 19.3. The van der Waals surface area contributed by atoms with E-state index in [2.05, 4.69) is 56.1 Å². The van der Waals surface area contributed by atoms with Crippen molar-refractivity contribution >= 4 is 17.5 Å². The van der Waals surface area contributed by atoms with Crippen LogP contribution in [-0.2, 0) is 9.59 Å². The van der Waals surface area contributed by atoms with E-state index in [1.165, 1.54) is 0 Å². The molecule has 144 valence electrons. The number of primary amides is 1. The molecule has 1 aromatic carbocycles. The normalized spacial score (nSPS) is 18.3. The van der Waals surface area contributed by atoms with Gasteiger partial charge in [-0.3, -0.25) is 14.5 Å². The summed E-state index contributed by atoms with van der Waals surface area (Å²) in [5.74, 6) is 0.356. The highest BCUT2D eigenvalue weighted by Crippen LogP contribution is 2.32. The van der Waals surface area contributed by atoms with Gasteiger partial charge in [0.05, 0.1) is 6.54 Å². The number of benzene rings is 1. The summed E-state index contributed by atoms with van der Waals surface area (Å²) in [5, 5.41) is 3.17. The van der Waals surface area contributed by atoms with Crippen LogP contribution in [-0.4, -0.2) is 35.8 Å². The number of nitrogens with two attached hydrogens (primary N) is 1. The van der Waals surface area contributed by atoms with Crippen LogP contribution >= 0.6 is 0 Å². The van der Waals surface area contributed by atoms with Crippen LogP contribution in [0, 0.1) is 0 Å². The molecular formula is C21H33N3O2. The number of hydrogen-bond donors (Lipinski definition) is 2. The lowest BCUT2D eigenvalue weighted by molar-refractivity contribution is -0.122. The first kappa shape index (κ1) is 20.4. The molecule has 0 aliphatic carbocycles. The summed E-state index contributed by atoms with van der Waals surface area (Å²) in [6, 6.07) is 6.32. The number of likely N-dealkylation sites (tertiary alicyclic amines) is 1. The molecule has 1 aliphatic heterocycles. The second-order valence-electron chi connectivity index (χ2n) is 7.96. The van der Waals surface area contributed by atoms with Gasteiger partial charge < -0.3 is 11.1 Å². The maximum Gasteiger partial charge on any atom is 0.238 e. The number of amides is 2. The molecule has 3 N–H and O–H groups in total. The van der Waals surface area contributed by atoms with Gasteiger partial charge in [0.15, 0.2) is 0 Å². The molecule has 5 nitrogen and oxygen atoms in total. The molecule has 0 bridgehead atoms. The molecule has 0 radical (unpaired) electrons. The lowest BCUT2D eigenvalue weighted by Gasteiger charge is -2.34. The molecule has 1 aromatic rings. The van der Waals surface area contributed by atoms with Gasteiger partial charge in [0.25, 0.3) is 0 Å². The average molecular weight is 360 g/mol. The number of piperidine rings is 1. The molecule has 1 atom stereocenters. The minimum Gasteiger partial charge on any atom is -0.370 e. The third-order valence-corrected chi connectivity index (χ3v) is 5.17. The molecule has 1 saturated heterocycles. The van der Waals surface area contributed by atoms with Crippen molar-refractivity contribution < 1.29 is 9.59 Å². The van der Waals surface area contributed by atoms with Crippen molar-refractivity contribution in [1.29, 1.82) is 0 Å². The van der Waals surface area contributed by atoms with E-state index in [0.717, 1.165) is 42.6 Å². The van der Waals surface area contributed by atoms with Crippen molar-refractivity contribution in [3.05, 3.63) is 29.3 Å². The van der Waals surface area contributed by atoms with Crippen molar-refractivity contribution in [2.75, 3.05) is 18.4 Å². The number of hydrogen-bond acceptors (Lipinski definition) is 3. The Balaban J connectivity index is 2.15. The third kappa shape index (κ3) is 5.31. The first-order valence-electron chi connectivity index (χ1n) is 9.74. The van der Waals surface area contributed by atoms with Gasteiger partial charge >= 0.3 is 0 Å². The van der Waals surface area contributed by atoms with Gasteiger partial charge in [-0.05, 0) is 42.3 Å². The zero-order valence-corrected chi connectivity index (χ0v) is 16.5. The third-order valence-electron chi connectivity index (χ3n) is 5.17. The average Bonchev–Trinajstić information content (AvgIpc) is 2.55. The Kier molecular flexibility index (Phi) is 7.21. The Bertz CT molecular complexity index is 614. The van der Waals surface area contributed by atoms with Crippen LogP contribution in [0.2, 0.25) is 0 Å². The van der Waals surface area contributed by atoms with Gasteiger partial charge in [0.2, 0.25) is 11.8 Å². The first-order valence-corrected chi connectivity index (χ1v) is 9.74. The molecular weight excluding hydrogens is 326 g/mol. The lowest BCUT2D eigenvalue weighted by Crippen LogP contribution is -2.45. The molecule has 1 aliphatic rings. The highest BCUT2D eigenvalue weighted by Gasteiger charge is 2.26. The Hall–Kier alpha value is -1.88. The van der Waals surface area contributed by atoms with Gasteiger partial charge in [-0.25, -0.2) is 0 Å². The summed E-state index contributed by atoms with van der Waals surface area (Å²) in [6.07, 6.45) is 3.40. The van der Waals surface area contributed by atoms with Crippen molar-refractivity contribution in [2.45, 2.75) is 71.3 Å². The van der Waals surface area contributed by atoms with Gasteiger partial charge in [-0.2, -0.15) is 0 Å². The summed E-state index contributed by atoms with van der Waals surface area (Å²) >= 11 is 0. The summed E-state index contributed by atoms with van der Waals surface area (Å²) in [4.78, 5) is 26.2. The number of nitrogens with one attached hydrogen (secondary N) is 1. The quantitative estimate of drug-likeness (QED) is 0.781. The lowest BCUT2D eigenvalue weighted by atomic mass is 9.92. The molecule has 2 amide bonds. The Labute approximate surface area is 157 Å². The Morgan fingerprint density at radius 2 is 1.77 bits per heavy atom. The first-order chi connectivity index (χ1) is 12.3. The molecule has 0 saturated carbocycles. The summed E-state index contributed by atoms with van der Waals surface area (Å²) < 4.78 is 0. The van der Waals surface area contributed by atoms with E-state index in [4.69, 9.17) is 5.73 Å². The van der Waals surface area contributed by atoms with E-state index in [1.54, 1.807) is 0 Å². The Morgan fingerprint density at radius 1 is 1.15 bits per heavy atom. The SMILES string of the molecule is CC(C)c1cccc(C(C)C)c1NC(=O)CN1CCCCC1CC(N)=O. The maximum absolute atomic E-state index is 12.8. The van der Waals surface area contributed by atoms with Crippen LogP contribution in [0.4, 0.5) is 5.69 Å². The van der Waals surface area contributed by atoms with Crippen LogP contribution in [0.5, 0.6) is 0 Å². The summed E-state index contributed by atoms with van der Waals surface area (Å²) in [6.45, 7) is 9.71. The Morgan fingerprint density at radius 3 is 2.31 bits per heavy atom. The number of para-hydroxylation sites is 1. The second-order valence-corrected chi connectivity index (χ2v) is 7.96. The van der Waals surface area contributed by atoms with Crippen molar-refractivity contribution in [1.82, 2.24) is 4.90 Å². The van der Waals surface area contributed by atoms with Crippen LogP contribution < -0.4 is 11.1 Å². The fourth-order valence-corrected chi connectivity index (χ4v) is 3.79. The van der Waals surface area contributed by atoms with Crippen molar-refractivity contribution in [2.24, 2.45) is 5.73 Å². The maximum atomic E-state index is 12.8. The van der Waals surface area contributed by atoms with Crippen molar-refractivity contribution in [3.63, 3.8) is 0 Å². The predicted molar refractivity (Wildman–Crippen MR) is 106 cm³/mol. The monoisotopic (exact) mass is 359 g/mol. The minimum absolute atomic E-state index is 0.0172. The molecule has 5 heteroatoms. The van der Waals surface area contributed by atoms with Gasteiger partial charge in [0, 0.05) is 18.2 Å². The molecule has 26 heavy (non-hydrogen) atoms. The smallest absolute Gasteiger partial charge is 0.238 e. The van der Waals surface area contributed by atoms with E-state index in [-0.39, 0.29) is 17.9 Å². The molecule has 1 fully saturated rings. The fraction of sp³-hybridized carbons (Fsp3) is 0.619. The molecule has 0 spiro atoms. The van der Waals surface area contributed by atoms with Gasteiger partial charge in [-0.15, -0.1) is 0 Å². The number of anilines is 1. The van der Waals surface area contributed by atoms with Crippen LogP contribution in [0.3, 0.4) is 0 Å². The highest BCUT2D eigenvalue weighted by atomic mass is 16.2. The molecule has 2 rings (SSSR count). The van der Waals surface area contributed by atoms with E-state index in [9.17, 15) is 9.59 Å². The molecule has 1 unspecified atom stereocenters. The number of nitrogens with zero attached hydrogens (tertiary/aromatic N) is 1. The van der Waals surface area contributed by atoms with E-state index in [0.29, 0.717) is 24.8 Å². The summed E-state index contributed by atoms with van der Waals surface area (Å²) in [7, 11) is 0. The number of carbonyl (C=O) groups is 2. The standard InChI is InChI=1S/C21H33N3O2/c1-14(2)17-9-7-10-18(15(3)4)21(17)23-20(26)13-24-11-6-5-8-16(24)12-19(22)25/h7,9-10,14-16H,5-6,8,11-13H2,1-4H3,(H2,22,25)(H,23,26). The van der Waals surface area contributed by atoms with E-state index in [1.807, 2.05) is 0 Å². The molecule has 0 aromatic heterocycles. The minimum atomic E-state index is -0.297. The van der Waals surface area contributed by atoms with Gasteiger partial charge in [0.1, 0.15) is 0 Å². The van der Waals surface area contributed by atoms with Crippen LogP contribution in [0.1, 0.15) is 76.3 Å². The van der Waals surface area contributed by atoms with E-state index < -0.39 is 0 Å². The second kappa shape index (κ2) is 9.17. The summed E-state index contributed by atoms with van der Waals surface area (Å²) in [5.41, 5.74) is 8.66.